The van der Waals surface area contributed by atoms with Crippen LogP contribution in [0, 0.1) is 50.2 Å². The van der Waals surface area contributed by atoms with Crippen LogP contribution in [0.3, 0.4) is 0 Å². The second-order valence-corrected chi connectivity index (χ2v) is 18.4. The molecule has 262 valence electrons. The summed E-state index contributed by atoms with van der Waals surface area (Å²) >= 11 is 0. The number of methoxy groups -OCH3 is 1. The molecule has 0 saturated heterocycles. The van der Waals surface area contributed by atoms with Crippen LogP contribution in [0.15, 0.2) is 46.5 Å². The number of fused-ring (bicyclic) bond motifs is 7. The second kappa shape index (κ2) is 11.2. The number of aliphatic hydroxyl groups is 2. The molecule has 0 bridgehead atoms. The molecule has 0 spiro atoms. The maximum absolute atomic E-state index is 14.4. The minimum Gasteiger partial charge on any atom is -0.497 e. The maximum atomic E-state index is 14.4. The molecule has 1 aromatic carbocycles. The van der Waals surface area contributed by atoms with Gasteiger partial charge in [-0.2, -0.15) is 0 Å². The van der Waals surface area contributed by atoms with Crippen molar-refractivity contribution in [3.63, 3.8) is 0 Å². The van der Waals surface area contributed by atoms with Crippen LogP contribution in [0.25, 0.3) is 11.3 Å². The molecule has 7 rings (SSSR count). The van der Waals surface area contributed by atoms with Crippen molar-refractivity contribution < 1.29 is 29.0 Å². The van der Waals surface area contributed by atoms with Gasteiger partial charge in [-0.1, -0.05) is 65.3 Å². The molecule has 9 atom stereocenters. The number of ether oxygens (including phenoxy) is 2. The minimum atomic E-state index is -0.702. The predicted molar refractivity (Wildman–Crippen MR) is 185 cm³/mol. The molecule has 4 fully saturated rings. The van der Waals surface area contributed by atoms with Gasteiger partial charge in [-0.3, -0.25) is 4.79 Å². The fourth-order valence-corrected chi connectivity index (χ4v) is 12.3. The van der Waals surface area contributed by atoms with Gasteiger partial charge in [0.05, 0.1) is 24.7 Å². The lowest BCUT2D eigenvalue weighted by Crippen LogP contribution is -2.67. The number of hydrogen-bond donors (Lipinski definition) is 2. The molecule has 7 nitrogen and oxygen atoms in total. The van der Waals surface area contributed by atoms with Crippen LogP contribution in [-0.4, -0.2) is 40.7 Å². The summed E-state index contributed by atoms with van der Waals surface area (Å²) < 4.78 is 17.1. The Hall–Kier alpha value is -2.64. The van der Waals surface area contributed by atoms with Gasteiger partial charge in [-0.05, 0) is 127 Å². The zero-order valence-corrected chi connectivity index (χ0v) is 30.4. The van der Waals surface area contributed by atoms with Gasteiger partial charge in [-0.15, -0.1) is 0 Å². The van der Waals surface area contributed by atoms with Gasteiger partial charge in [0.2, 0.25) is 0 Å². The first kappa shape index (κ1) is 33.8. The highest BCUT2D eigenvalue weighted by molar-refractivity contribution is 5.79. The largest absolute Gasteiger partial charge is 0.497 e. The molecule has 0 aliphatic heterocycles. The van der Waals surface area contributed by atoms with E-state index in [-0.39, 0.29) is 45.6 Å². The van der Waals surface area contributed by atoms with Gasteiger partial charge in [0.1, 0.15) is 11.4 Å². The lowest BCUT2D eigenvalue weighted by atomic mass is 9.33. The zero-order chi connectivity index (χ0) is 34.5. The third-order valence-electron chi connectivity index (χ3n) is 15.3. The molecule has 5 aliphatic carbocycles. The summed E-state index contributed by atoms with van der Waals surface area (Å²) in [7, 11) is 1.64. The highest BCUT2D eigenvalue weighted by Crippen LogP contribution is 2.75. The number of aliphatic hydroxyl groups excluding tert-OH is 2. The van der Waals surface area contributed by atoms with Gasteiger partial charge in [-0.25, -0.2) is 0 Å². The fourth-order valence-electron chi connectivity index (χ4n) is 12.3. The van der Waals surface area contributed by atoms with Crippen molar-refractivity contribution in [2.24, 2.45) is 50.2 Å². The van der Waals surface area contributed by atoms with Gasteiger partial charge in [0.15, 0.2) is 12.4 Å². The number of carbonyl (C=O) groups excluding carboxylic acids is 1. The first-order valence-electron chi connectivity index (χ1n) is 18.3. The van der Waals surface area contributed by atoms with Crippen LogP contribution in [0.5, 0.6) is 5.75 Å². The van der Waals surface area contributed by atoms with Crippen LogP contribution >= 0.6 is 0 Å². The summed E-state index contributed by atoms with van der Waals surface area (Å²) in [5.41, 5.74) is 2.28. The number of esters is 1. The molecule has 2 aromatic rings. The number of benzene rings is 1. The molecule has 4 saturated carbocycles. The molecule has 48 heavy (non-hydrogen) atoms. The molecule has 5 aliphatic rings. The minimum absolute atomic E-state index is 0.0375. The molecule has 1 heterocycles. The second-order valence-electron chi connectivity index (χ2n) is 18.4. The lowest BCUT2D eigenvalue weighted by molar-refractivity contribution is -0.232. The average molecular weight is 660 g/mol. The van der Waals surface area contributed by atoms with Crippen molar-refractivity contribution in [1.29, 1.82) is 0 Å². The Balaban J connectivity index is 1.17. The first-order chi connectivity index (χ1) is 22.5. The normalized spacial score (nSPS) is 41.1. The van der Waals surface area contributed by atoms with Crippen LogP contribution < -0.4 is 4.74 Å². The summed E-state index contributed by atoms with van der Waals surface area (Å²) in [6.45, 7) is 16.6. The van der Waals surface area contributed by atoms with Crippen LogP contribution in [0.2, 0.25) is 0 Å². The zero-order valence-electron chi connectivity index (χ0n) is 30.4. The SMILES string of the molecule is COc1ccc(-c2cc(COC(=O)[C@]34CCC(C)(C)CC3C3=CCC5[C@@]6(C)C[C@@H](O)[C@H](O)C(C)(C)C6CC[C@@]5(C)[C@]3(C)CC4)on2)cc1. The maximum Gasteiger partial charge on any atom is 0.313 e. The molecular weight excluding hydrogens is 602 g/mol. The van der Waals surface area contributed by atoms with Crippen LogP contribution in [0.1, 0.15) is 112 Å². The van der Waals surface area contributed by atoms with E-state index in [0.717, 1.165) is 62.7 Å². The number of aromatic nitrogens is 1. The van der Waals surface area contributed by atoms with E-state index in [1.54, 1.807) is 7.11 Å². The van der Waals surface area contributed by atoms with Gasteiger partial charge in [0.25, 0.3) is 0 Å². The smallest absolute Gasteiger partial charge is 0.313 e. The summed E-state index contributed by atoms with van der Waals surface area (Å²) in [5.74, 6) is 2.12. The Morgan fingerprint density at radius 1 is 0.938 bits per heavy atom. The Morgan fingerprint density at radius 2 is 1.65 bits per heavy atom. The predicted octanol–water partition coefficient (Wildman–Crippen LogP) is 8.53. The Kier molecular flexibility index (Phi) is 7.88. The van der Waals surface area contributed by atoms with Crippen molar-refractivity contribution >= 4 is 5.97 Å². The van der Waals surface area contributed by atoms with E-state index in [9.17, 15) is 15.0 Å². The molecule has 7 heteroatoms. The number of allylic oxidation sites excluding steroid dienone is 2. The summed E-state index contributed by atoms with van der Waals surface area (Å²) in [5, 5.41) is 26.5. The van der Waals surface area contributed by atoms with Crippen molar-refractivity contribution in [2.45, 2.75) is 125 Å². The van der Waals surface area contributed by atoms with E-state index < -0.39 is 17.6 Å². The first-order valence-corrected chi connectivity index (χ1v) is 18.3. The van der Waals surface area contributed by atoms with Gasteiger partial charge < -0.3 is 24.2 Å². The van der Waals surface area contributed by atoms with Crippen molar-refractivity contribution in [3.8, 4) is 17.0 Å². The van der Waals surface area contributed by atoms with Crippen LogP contribution in [-0.2, 0) is 16.1 Å². The molecular formula is C41H57NO6. The lowest BCUT2D eigenvalue weighted by Gasteiger charge is -2.71. The molecule has 2 N–H and O–H groups in total. The summed E-state index contributed by atoms with van der Waals surface area (Å²) in [4.78, 5) is 14.4. The Bertz CT molecular complexity index is 1590. The highest BCUT2D eigenvalue weighted by atomic mass is 16.6. The summed E-state index contributed by atoms with van der Waals surface area (Å²) in [6.07, 6.45) is 9.51. The third-order valence-corrected chi connectivity index (χ3v) is 15.3. The standard InChI is InChI=1S/C41H57NO6/c1-36(2)17-19-41(35(45)47-24-27-21-30(42-48-27)25-9-11-26(46-8)12-10-25)20-18-39(6)28(29(41)22-36)13-14-33-38(5)23-31(43)34(44)37(3,4)32(38)15-16-40(33,39)7/h9-13,21,29,31-34,43-44H,14-20,22-24H2,1-8H3/t29?,31-,32?,33?,34+,38+,39-,40-,41+/m1/s1. The summed E-state index contributed by atoms with van der Waals surface area (Å²) in [6, 6.07) is 9.52. The number of nitrogens with zero attached hydrogens (tertiary/aromatic N) is 1. The third kappa shape index (κ3) is 4.80. The molecule has 1 aromatic heterocycles. The quantitative estimate of drug-likeness (QED) is 0.245. The van der Waals surface area contributed by atoms with E-state index in [1.165, 1.54) is 5.57 Å². The van der Waals surface area contributed by atoms with E-state index in [2.05, 4.69) is 59.7 Å². The Morgan fingerprint density at radius 3 is 2.35 bits per heavy atom. The number of rotatable bonds is 5. The van der Waals surface area contributed by atoms with Crippen molar-refractivity contribution in [1.82, 2.24) is 5.16 Å². The van der Waals surface area contributed by atoms with E-state index in [0.29, 0.717) is 29.7 Å². The van der Waals surface area contributed by atoms with Gasteiger partial charge >= 0.3 is 5.97 Å². The topological polar surface area (TPSA) is 102 Å². The highest BCUT2D eigenvalue weighted by Gasteiger charge is 2.70. The molecule has 0 radical (unpaired) electrons. The van der Waals surface area contributed by atoms with Crippen molar-refractivity contribution in [2.75, 3.05) is 7.11 Å². The molecule has 3 unspecified atom stereocenters. The van der Waals surface area contributed by atoms with E-state index in [1.807, 2.05) is 30.3 Å². The number of carbonyl (C=O) groups is 1. The Labute approximate surface area is 286 Å². The van der Waals surface area contributed by atoms with E-state index >= 15 is 0 Å². The fraction of sp³-hybridized carbons (Fsp3) is 0.707. The van der Waals surface area contributed by atoms with E-state index in [4.69, 9.17) is 14.0 Å². The monoisotopic (exact) mass is 659 g/mol. The number of hydrogen-bond acceptors (Lipinski definition) is 7. The average Bonchev–Trinajstić information content (AvgIpc) is 3.52. The molecule has 0 amide bonds. The van der Waals surface area contributed by atoms with Gasteiger partial charge in [0, 0.05) is 11.6 Å². The van der Waals surface area contributed by atoms with Crippen molar-refractivity contribution in [3.05, 3.63) is 47.7 Å². The van der Waals surface area contributed by atoms with Crippen LogP contribution in [0.4, 0.5) is 0 Å².